The molecule has 1 aliphatic carbocycles. The van der Waals surface area contributed by atoms with Gasteiger partial charge in [-0.15, -0.1) is 0 Å². The zero-order chi connectivity index (χ0) is 17.8. The summed E-state index contributed by atoms with van der Waals surface area (Å²) in [6, 6.07) is 0. The zero-order valence-corrected chi connectivity index (χ0v) is 16.5. The van der Waals surface area contributed by atoms with Gasteiger partial charge in [0.15, 0.2) is 5.60 Å². The van der Waals surface area contributed by atoms with Gasteiger partial charge in [0.2, 0.25) is 0 Å². The van der Waals surface area contributed by atoms with Gasteiger partial charge in [-0.2, -0.15) is 0 Å². The molecule has 2 fully saturated rings. The Kier molecular flexibility index (Phi) is 9.90. The Hall–Kier alpha value is -0.570. The Balaban J connectivity index is 1.57. The molecular formula is C22H40O3. The SMILES string of the molecule is CCOC(=O)C1(CCCCCC2CCCCCCCCCCC2)CO1. The largest absolute Gasteiger partial charge is 0.464 e. The second-order valence-electron chi connectivity index (χ2n) is 8.23. The van der Waals surface area contributed by atoms with Gasteiger partial charge in [-0.3, -0.25) is 0 Å². The minimum absolute atomic E-state index is 0.144. The van der Waals surface area contributed by atoms with Crippen LogP contribution in [0.3, 0.4) is 0 Å². The Morgan fingerprint density at radius 3 is 2.00 bits per heavy atom. The lowest BCUT2D eigenvalue weighted by Gasteiger charge is -2.18. The predicted molar refractivity (Wildman–Crippen MR) is 103 cm³/mol. The molecule has 1 unspecified atom stereocenters. The van der Waals surface area contributed by atoms with E-state index in [1.165, 1.54) is 89.9 Å². The molecule has 0 aromatic carbocycles. The quantitative estimate of drug-likeness (QED) is 0.297. The lowest BCUT2D eigenvalue weighted by molar-refractivity contribution is -0.149. The fourth-order valence-corrected chi connectivity index (χ4v) is 4.27. The Morgan fingerprint density at radius 2 is 1.48 bits per heavy atom. The molecule has 1 saturated carbocycles. The average Bonchev–Trinajstić information content (AvgIpc) is 3.38. The molecule has 2 aliphatic rings. The molecule has 1 aliphatic heterocycles. The summed E-state index contributed by atoms with van der Waals surface area (Å²) in [7, 11) is 0. The number of hydrogen-bond acceptors (Lipinski definition) is 3. The van der Waals surface area contributed by atoms with E-state index in [0.717, 1.165) is 18.8 Å². The van der Waals surface area contributed by atoms with Crippen LogP contribution in [-0.2, 0) is 14.3 Å². The topological polar surface area (TPSA) is 38.8 Å². The van der Waals surface area contributed by atoms with Gasteiger partial charge >= 0.3 is 5.97 Å². The smallest absolute Gasteiger partial charge is 0.340 e. The van der Waals surface area contributed by atoms with Crippen molar-refractivity contribution in [1.29, 1.82) is 0 Å². The number of hydrogen-bond donors (Lipinski definition) is 0. The molecule has 0 aromatic heterocycles. The van der Waals surface area contributed by atoms with Crippen molar-refractivity contribution in [3.63, 3.8) is 0 Å². The second kappa shape index (κ2) is 11.9. The van der Waals surface area contributed by atoms with E-state index < -0.39 is 5.60 Å². The number of unbranched alkanes of at least 4 members (excludes halogenated alkanes) is 2. The summed E-state index contributed by atoms with van der Waals surface area (Å²) in [6.45, 7) is 2.87. The van der Waals surface area contributed by atoms with Crippen molar-refractivity contribution in [1.82, 2.24) is 0 Å². The van der Waals surface area contributed by atoms with E-state index in [2.05, 4.69) is 0 Å². The average molecular weight is 353 g/mol. The lowest BCUT2D eigenvalue weighted by Crippen LogP contribution is -2.27. The van der Waals surface area contributed by atoms with Gasteiger partial charge in [0.1, 0.15) is 0 Å². The van der Waals surface area contributed by atoms with Crippen LogP contribution in [0.5, 0.6) is 0 Å². The lowest BCUT2D eigenvalue weighted by atomic mass is 9.88. The monoisotopic (exact) mass is 352 g/mol. The standard InChI is InChI=1S/C22H40O3/c1-2-24-21(23)22(19-25-22)18-14-10-13-17-20-15-11-8-6-4-3-5-7-9-12-16-20/h20H,2-19H2,1H3. The molecule has 2 rings (SSSR count). The van der Waals surface area contributed by atoms with Crippen LogP contribution in [0.1, 0.15) is 110 Å². The van der Waals surface area contributed by atoms with Gasteiger partial charge in [-0.1, -0.05) is 89.9 Å². The molecule has 1 atom stereocenters. The molecule has 0 radical (unpaired) electrons. The summed E-state index contributed by atoms with van der Waals surface area (Å²) in [5.41, 5.74) is -0.566. The van der Waals surface area contributed by atoms with Gasteiger partial charge in [0.25, 0.3) is 0 Å². The van der Waals surface area contributed by atoms with E-state index in [4.69, 9.17) is 9.47 Å². The third-order valence-electron chi connectivity index (χ3n) is 6.06. The van der Waals surface area contributed by atoms with Crippen molar-refractivity contribution in [2.45, 2.75) is 115 Å². The molecule has 3 nitrogen and oxygen atoms in total. The van der Waals surface area contributed by atoms with Crippen molar-refractivity contribution in [2.75, 3.05) is 13.2 Å². The number of ether oxygens (including phenoxy) is 2. The van der Waals surface area contributed by atoms with Crippen molar-refractivity contribution >= 4 is 5.97 Å². The van der Waals surface area contributed by atoms with Gasteiger partial charge in [-0.25, -0.2) is 4.79 Å². The Bertz CT molecular complexity index is 350. The van der Waals surface area contributed by atoms with Crippen LogP contribution in [-0.4, -0.2) is 24.8 Å². The van der Waals surface area contributed by atoms with Crippen molar-refractivity contribution in [3.05, 3.63) is 0 Å². The van der Waals surface area contributed by atoms with Gasteiger partial charge in [0, 0.05) is 0 Å². The number of esters is 1. The summed E-state index contributed by atoms with van der Waals surface area (Å²) in [5, 5.41) is 0. The number of carbonyl (C=O) groups excluding carboxylic acids is 1. The predicted octanol–water partition coefficient (Wildman–Crippen LogP) is 6.19. The van der Waals surface area contributed by atoms with Crippen molar-refractivity contribution < 1.29 is 14.3 Å². The molecule has 0 N–H and O–H groups in total. The molecule has 0 aromatic rings. The summed E-state index contributed by atoms with van der Waals surface area (Å²) in [4.78, 5) is 11.9. The highest BCUT2D eigenvalue weighted by Gasteiger charge is 2.52. The highest BCUT2D eigenvalue weighted by Crippen LogP contribution is 2.35. The molecular weight excluding hydrogens is 312 g/mol. The maximum Gasteiger partial charge on any atom is 0.340 e. The van der Waals surface area contributed by atoms with Crippen molar-refractivity contribution in [2.24, 2.45) is 5.92 Å². The molecule has 25 heavy (non-hydrogen) atoms. The first-order valence-corrected chi connectivity index (χ1v) is 11.1. The van der Waals surface area contributed by atoms with Crippen molar-refractivity contribution in [3.8, 4) is 0 Å². The first-order valence-electron chi connectivity index (χ1n) is 11.1. The van der Waals surface area contributed by atoms with E-state index in [9.17, 15) is 4.79 Å². The van der Waals surface area contributed by atoms with Crippen LogP contribution in [0, 0.1) is 5.92 Å². The van der Waals surface area contributed by atoms with E-state index in [1.807, 2.05) is 6.92 Å². The van der Waals surface area contributed by atoms with E-state index in [-0.39, 0.29) is 5.97 Å². The van der Waals surface area contributed by atoms with Gasteiger partial charge < -0.3 is 9.47 Å². The number of epoxide rings is 1. The number of carbonyl (C=O) groups is 1. The molecule has 0 bridgehead atoms. The third kappa shape index (κ3) is 8.11. The number of rotatable bonds is 8. The fourth-order valence-electron chi connectivity index (χ4n) is 4.27. The normalized spacial score (nSPS) is 26.4. The maximum atomic E-state index is 11.9. The third-order valence-corrected chi connectivity index (χ3v) is 6.06. The van der Waals surface area contributed by atoms with Gasteiger partial charge in [0.05, 0.1) is 13.2 Å². The molecule has 0 spiro atoms. The maximum absolute atomic E-state index is 11.9. The second-order valence-corrected chi connectivity index (χ2v) is 8.23. The van der Waals surface area contributed by atoms with E-state index in [0.29, 0.717) is 13.2 Å². The summed E-state index contributed by atoms with van der Waals surface area (Å²) in [5.74, 6) is 0.796. The molecule has 1 heterocycles. The minimum Gasteiger partial charge on any atom is -0.464 e. The Labute approximate surface area is 155 Å². The first kappa shape index (κ1) is 20.7. The van der Waals surface area contributed by atoms with E-state index >= 15 is 0 Å². The summed E-state index contributed by atoms with van der Waals surface area (Å²) in [6.07, 6.45) is 21.7. The van der Waals surface area contributed by atoms with Crippen LogP contribution < -0.4 is 0 Å². The van der Waals surface area contributed by atoms with Crippen LogP contribution in [0.4, 0.5) is 0 Å². The fraction of sp³-hybridized carbons (Fsp3) is 0.955. The van der Waals surface area contributed by atoms with Gasteiger partial charge in [-0.05, 0) is 25.7 Å². The molecule has 3 heteroatoms. The first-order chi connectivity index (χ1) is 12.3. The highest BCUT2D eigenvalue weighted by atomic mass is 16.6. The van der Waals surface area contributed by atoms with E-state index in [1.54, 1.807) is 0 Å². The highest BCUT2D eigenvalue weighted by molar-refractivity contribution is 5.82. The summed E-state index contributed by atoms with van der Waals surface area (Å²) >= 11 is 0. The molecule has 1 saturated heterocycles. The van der Waals surface area contributed by atoms with Crippen LogP contribution >= 0.6 is 0 Å². The van der Waals surface area contributed by atoms with Crippen LogP contribution in [0.15, 0.2) is 0 Å². The minimum atomic E-state index is -0.566. The molecule has 146 valence electrons. The summed E-state index contributed by atoms with van der Waals surface area (Å²) < 4.78 is 10.5. The molecule has 0 amide bonds. The Morgan fingerprint density at radius 1 is 0.920 bits per heavy atom. The van der Waals surface area contributed by atoms with Crippen LogP contribution in [0.25, 0.3) is 0 Å². The van der Waals surface area contributed by atoms with Crippen LogP contribution in [0.2, 0.25) is 0 Å². The zero-order valence-electron chi connectivity index (χ0n) is 16.5.